The highest BCUT2D eigenvalue weighted by Crippen LogP contribution is 2.24. The minimum Gasteiger partial charge on any atom is -0.497 e. The number of nitrogens with one attached hydrogen (secondary N) is 1. The van der Waals surface area contributed by atoms with Crippen LogP contribution in [-0.2, 0) is 0 Å². The van der Waals surface area contributed by atoms with Crippen LogP contribution in [0.3, 0.4) is 0 Å². The standard InChI is InChI=1S/C15H25NO2S/c1-15(12-17,16-2)9-4-5-10-19-14-8-6-7-13(11-14)18-3/h6-8,11,16-17H,4-5,9-10,12H2,1-3H3. The average molecular weight is 283 g/mol. The second kappa shape index (κ2) is 8.46. The number of thioether (sulfide) groups is 1. The lowest BCUT2D eigenvalue weighted by molar-refractivity contribution is 0.171. The zero-order chi connectivity index (χ0) is 14.1. The molecule has 1 unspecified atom stereocenters. The van der Waals surface area contributed by atoms with Crippen LogP contribution < -0.4 is 10.1 Å². The van der Waals surface area contributed by atoms with Gasteiger partial charge in [0.15, 0.2) is 0 Å². The number of aliphatic hydroxyl groups excluding tert-OH is 1. The van der Waals surface area contributed by atoms with Crippen LogP contribution in [0, 0.1) is 0 Å². The van der Waals surface area contributed by atoms with Gasteiger partial charge in [-0.15, -0.1) is 11.8 Å². The normalized spacial score (nSPS) is 14.1. The Labute approximate surface area is 120 Å². The van der Waals surface area contributed by atoms with Gasteiger partial charge < -0.3 is 15.2 Å². The van der Waals surface area contributed by atoms with Crippen LogP contribution in [0.25, 0.3) is 0 Å². The minimum absolute atomic E-state index is 0.138. The van der Waals surface area contributed by atoms with Crippen molar-refractivity contribution in [2.24, 2.45) is 0 Å². The molecule has 0 spiro atoms. The molecule has 1 aromatic rings. The number of unbranched alkanes of at least 4 members (excludes halogenated alkanes) is 1. The minimum atomic E-state index is -0.138. The van der Waals surface area contributed by atoms with E-state index in [0.717, 1.165) is 30.8 Å². The van der Waals surface area contributed by atoms with E-state index in [2.05, 4.69) is 24.4 Å². The summed E-state index contributed by atoms with van der Waals surface area (Å²) in [6.45, 7) is 2.24. The summed E-state index contributed by atoms with van der Waals surface area (Å²) in [5.74, 6) is 2.01. The highest BCUT2D eigenvalue weighted by Gasteiger charge is 2.19. The fraction of sp³-hybridized carbons (Fsp3) is 0.600. The van der Waals surface area contributed by atoms with Gasteiger partial charge in [-0.05, 0) is 50.8 Å². The Morgan fingerprint density at radius 1 is 1.37 bits per heavy atom. The molecule has 0 saturated heterocycles. The first kappa shape index (κ1) is 16.3. The summed E-state index contributed by atoms with van der Waals surface area (Å²) in [7, 11) is 3.60. The molecular weight excluding hydrogens is 258 g/mol. The fourth-order valence-electron chi connectivity index (χ4n) is 1.78. The van der Waals surface area contributed by atoms with Crippen molar-refractivity contribution in [2.75, 3.05) is 26.5 Å². The zero-order valence-corrected chi connectivity index (χ0v) is 12.9. The van der Waals surface area contributed by atoms with E-state index in [0.29, 0.717) is 0 Å². The maximum atomic E-state index is 9.30. The summed E-state index contributed by atoms with van der Waals surface area (Å²) in [4.78, 5) is 1.25. The highest BCUT2D eigenvalue weighted by molar-refractivity contribution is 7.99. The smallest absolute Gasteiger partial charge is 0.119 e. The number of hydrogen-bond donors (Lipinski definition) is 2. The summed E-state index contributed by atoms with van der Waals surface area (Å²) in [6, 6.07) is 8.16. The van der Waals surface area contributed by atoms with Crippen LogP contribution in [0.15, 0.2) is 29.2 Å². The Morgan fingerprint density at radius 2 is 2.16 bits per heavy atom. The third kappa shape index (κ3) is 5.85. The third-order valence-corrected chi connectivity index (χ3v) is 4.47. The van der Waals surface area contributed by atoms with Crippen LogP contribution in [0.2, 0.25) is 0 Å². The molecule has 1 atom stereocenters. The maximum Gasteiger partial charge on any atom is 0.119 e. The van der Waals surface area contributed by atoms with Crippen LogP contribution in [0.1, 0.15) is 26.2 Å². The summed E-state index contributed by atoms with van der Waals surface area (Å²) >= 11 is 1.85. The molecule has 0 aromatic heterocycles. The highest BCUT2D eigenvalue weighted by atomic mass is 32.2. The van der Waals surface area contributed by atoms with Crippen molar-refractivity contribution >= 4 is 11.8 Å². The van der Waals surface area contributed by atoms with Gasteiger partial charge in [0.05, 0.1) is 13.7 Å². The number of ether oxygens (including phenoxy) is 1. The van der Waals surface area contributed by atoms with Crippen molar-refractivity contribution in [3.05, 3.63) is 24.3 Å². The molecule has 1 aromatic carbocycles. The molecule has 1 rings (SSSR count). The molecule has 0 radical (unpaired) electrons. The van der Waals surface area contributed by atoms with E-state index < -0.39 is 0 Å². The molecule has 0 aliphatic heterocycles. The number of methoxy groups -OCH3 is 1. The number of hydrogen-bond acceptors (Lipinski definition) is 4. The molecule has 0 amide bonds. The monoisotopic (exact) mass is 283 g/mol. The van der Waals surface area contributed by atoms with Crippen molar-refractivity contribution in [3.8, 4) is 5.75 Å². The van der Waals surface area contributed by atoms with E-state index in [4.69, 9.17) is 4.74 Å². The molecule has 0 aliphatic rings. The SMILES string of the molecule is CNC(C)(CO)CCCCSc1cccc(OC)c1. The van der Waals surface area contributed by atoms with Crippen molar-refractivity contribution in [3.63, 3.8) is 0 Å². The maximum absolute atomic E-state index is 9.30. The van der Waals surface area contributed by atoms with Crippen molar-refractivity contribution in [1.82, 2.24) is 5.32 Å². The summed E-state index contributed by atoms with van der Waals surface area (Å²) in [6.07, 6.45) is 3.27. The Morgan fingerprint density at radius 3 is 2.79 bits per heavy atom. The average Bonchev–Trinajstić information content (AvgIpc) is 2.47. The number of rotatable bonds is 9. The molecule has 0 heterocycles. The molecule has 0 fully saturated rings. The molecule has 0 bridgehead atoms. The van der Waals surface area contributed by atoms with Crippen LogP contribution in [0.4, 0.5) is 0 Å². The molecule has 4 heteroatoms. The van der Waals surface area contributed by atoms with Gasteiger partial charge in [0, 0.05) is 10.4 Å². The van der Waals surface area contributed by atoms with E-state index in [1.807, 2.05) is 30.9 Å². The number of aliphatic hydroxyl groups is 1. The van der Waals surface area contributed by atoms with Gasteiger partial charge in [-0.3, -0.25) is 0 Å². The number of likely N-dealkylation sites (N-methyl/N-ethyl adjacent to an activating group) is 1. The Kier molecular flexibility index (Phi) is 7.28. The second-order valence-corrected chi connectivity index (χ2v) is 6.12. The molecule has 108 valence electrons. The van der Waals surface area contributed by atoms with E-state index in [9.17, 15) is 5.11 Å². The lowest BCUT2D eigenvalue weighted by Gasteiger charge is -2.26. The molecule has 19 heavy (non-hydrogen) atoms. The molecule has 3 nitrogen and oxygen atoms in total. The van der Waals surface area contributed by atoms with Crippen LogP contribution >= 0.6 is 11.8 Å². The van der Waals surface area contributed by atoms with Crippen molar-refractivity contribution in [1.29, 1.82) is 0 Å². The molecule has 0 aliphatic carbocycles. The van der Waals surface area contributed by atoms with E-state index in [-0.39, 0.29) is 12.1 Å². The summed E-state index contributed by atoms with van der Waals surface area (Å²) in [5, 5.41) is 12.5. The summed E-state index contributed by atoms with van der Waals surface area (Å²) in [5.41, 5.74) is -0.138. The van der Waals surface area contributed by atoms with E-state index >= 15 is 0 Å². The molecule has 0 saturated carbocycles. The van der Waals surface area contributed by atoms with Crippen LogP contribution in [-0.4, -0.2) is 37.2 Å². The topological polar surface area (TPSA) is 41.5 Å². The summed E-state index contributed by atoms with van der Waals surface area (Å²) < 4.78 is 5.21. The van der Waals surface area contributed by atoms with E-state index in [1.165, 1.54) is 4.90 Å². The second-order valence-electron chi connectivity index (χ2n) is 4.95. The van der Waals surface area contributed by atoms with Gasteiger partial charge >= 0.3 is 0 Å². The molecular formula is C15H25NO2S. The first-order chi connectivity index (χ1) is 9.13. The first-order valence-electron chi connectivity index (χ1n) is 6.70. The molecule has 2 N–H and O–H groups in total. The largest absolute Gasteiger partial charge is 0.497 e. The lowest BCUT2D eigenvalue weighted by Crippen LogP contribution is -2.43. The van der Waals surface area contributed by atoms with Gasteiger partial charge in [0.2, 0.25) is 0 Å². The Balaban J connectivity index is 2.23. The zero-order valence-electron chi connectivity index (χ0n) is 12.1. The quantitative estimate of drug-likeness (QED) is 0.540. The van der Waals surface area contributed by atoms with Gasteiger partial charge in [-0.1, -0.05) is 12.5 Å². The fourth-order valence-corrected chi connectivity index (χ4v) is 2.74. The van der Waals surface area contributed by atoms with Gasteiger partial charge in [0.1, 0.15) is 5.75 Å². The number of benzene rings is 1. The lowest BCUT2D eigenvalue weighted by atomic mass is 9.96. The van der Waals surface area contributed by atoms with Gasteiger partial charge in [-0.2, -0.15) is 0 Å². The third-order valence-electron chi connectivity index (χ3n) is 3.39. The van der Waals surface area contributed by atoms with Crippen molar-refractivity contribution in [2.45, 2.75) is 36.6 Å². The predicted molar refractivity (Wildman–Crippen MR) is 82.1 cm³/mol. The van der Waals surface area contributed by atoms with Crippen LogP contribution in [0.5, 0.6) is 5.75 Å². The Bertz CT molecular complexity index is 367. The van der Waals surface area contributed by atoms with Gasteiger partial charge in [0.25, 0.3) is 0 Å². The van der Waals surface area contributed by atoms with E-state index in [1.54, 1.807) is 7.11 Å². The van der Waals surface area contributed by atoms with Crippen molar-refractivity contribution < 1.29 is 9.84 Å². The Hall–Kier alpha value is -0.710. The predicted octanol–water partition coefficient (Wildman–Crippen LogP) is 2.93. The van der Waals surface area contributed by atoms with Gasteiger partial charge in [-0.25, -0.2) is 0 Å². The first-order valence-corrected chi connectivity index (χ1v) is 7.69.